The average Bonchev–Trinajstić information content (AvgIpc) is 2.95. The van der Waals surface area contributed by atoms with Gasteiger partial charge >= 0.3 is 0 Å². The summed E-state index contributed by atoms with van der Waals surface area (Å²) >= 11 is 3.35. The average molecular weight is 351 g/mol. The first-order valence-corrected chi connectivity index (χ1v) is 8.05. The van der Waals surface area contributed by atoms with Crippen LogP contribution in [-0.2, 0) is 0 Å². The lowest BCUT2D eigenvalue weighted by atomic mass is 10.0. The quantitative estimate of drug-likeness (QED) is 0.917. The zero-order valence-electron chi connectivity index (χ0n) is 12.0. The summed E-state index contributed by atoms with van der Waals surface area (Å²) in [5.41, 5.74) is 0. The van der Waals surface area contributed by atoms with Crippen LogP contribution in [0.1, 0.15) is 31.6 Å². The standard InChI is InChI=1S/C15H19BrN4O/c1-11(13-5-6-14(16)21-13)19-12-4-2-9-20(10-12)15-17-7-3-8-18-15/h3,5-8,11-12,19H,2,4,9-10H2,1H3. The van der Waals surface area contributed by atoms with Crippen LogP contribution in [0.25, 0.3) is 0 Å². The molecule has 1 aliphatic heterocycles. The Labute approximate surface area is 132 Å². The molecule has 112 valence electrons. The van der Waals surface area contributed by atoms with E-state index < -0.39 is 0 Å². The Hall–Kier alpha value is -1.40. The van der Waals surface area contributed by atoms with Crippen molar-refractivity contribution in [1.82, 2.24) is 15.3 Å². The first-order valence-electron chi connectivity index (χ1n) is 7.25. The predicted octanol–water partition coefficient (Wildman–Crippen LogP) is 3.15. The number of nitrogens with one attached hydrogen (secondary N) is 1. The Morgan fingerprint density at radius 1 is 1.38 bits per heavy atom. The maximum atomic E-state index is 5.61. The van der Waals surface area contributed by atoms with Crippen LogP contribution in [0.5, 0.6) is 0 Å². The molecule has 21 heavy (non-hydrogen) atoms. The van der Waals surface area contributed by atoms with E-state index in [1.165, 1.54) is 0 Å². The third-order valence-electron chi connectivity index (χ3n) is 3.76. The minimum absolute atomic E-state index is 0.193. The number of hydrogen-bond acceptors (Lipinski definition) is 5. The van der Waals surface area contributed by atoms with E-state index in [1.807, 2.05) is 18.2 Å². The highest BCUT2D eigenvalue weighted by Crippen LogP contribution is 2.22. The molecule has 0 amide bonds. The molecule has 0 bridgehead atoms. The third kappa shape index (κ3) is 3.63. The van der Waals surface area contributed by atoms with Crippen molar-refractivity contribution in [3.05, 3.63) is 41.0 Å². The molecule has 3 heterocycles. The number of piperidine rings is 1. The molecular formula is C15H19BrN4O. The highest BCUT2D eigenvalue weighted by molar-refractivity contribution is 9.10. The highest BCUT2D eigenvalue weighted by atomic mass is 79.9. The normalized spacial score (nSPS) is 20.5. The van der Waals surface area contributed by atoms with Gasteiger partial charge < -0.3 is 14.6 Å². The van der Waals surface area contributed by atoms with Crippen molar-refractivity contribution < 1.29 is 4.42 Å². The van der Waals surface area contributed by atoms with E-state index in [4.69, 9.17) is 4.42 Å². The second-order valence-electron chi connectivity index (χ2n) is 5.36. The van der Waals surface area contributed by atoms with E-state index in [-0.39, 0.29) is 6.04 Å². The van der Waals surface area contributed by atoms with Gasteiger partial charge in [0, 0.05) is 31.5 Å². The maximum absolute atomic E-state index is 5.61. The Balaban J connectivity index is 1.61. The number of nitrogens with zero attached hydrogens (tertiary/aromatic N) is 3. The van der Waals surface area contributed by atoms with Gasteiger partial charge in [-0.3, -0.25) is 0 Å². The van der Waals surface area contributed by atoms with Crippen molar-refractivity contribution in [2.45, 2.75) is 31.8 Å². The largest absolute Gasteiger partial charge is 0.453 e. The summed E-state index contributed by atoms with van der Waals surface area (Å²) in [4.78, 5) is 10.9. The smallest absolute Gasteiger partial charge is 0.225 e. The van der Waals surface area contributed by atoms with Crippen LogP contribution in [-0.4, -0.2) is 29.1 Å². The second kappa shape index (κ2) is 6.58. The molecule has 0 aromatic carbocycles. The Morgan fingerprint density at radius 2 is 2.19 bits per heavy atom. The van der Waals surface area contributed by atoms with E-state index in [2.05, 4.69) is 43.0 Å². The summed E-state index contributed by atoms with van der Waals surface area (Å²) in [6.07, 6.45) is 5.89. The van der Waals surface area contributed by atoms with Gasteiger partial charge in [0.15, 0.2) is 4.67 Å². The molecule has 1 fully saturated rings. The van der Waals surface area contributed by atoms with Gasteiger partial charge in [-0.2, -0.15) is 0 Å². The SMILES string of the molecule is CC(NC1CCCN(c2ncccn2)C1)c1ccc(Br)o1. The van der Waals surface area contributed by atoms with Gasteiger partial charge in [-0.25, -0.2) is 9.97 Å². The van der Waals surface area contributed by atoms with Crippen molar-refractivity contribution >= 4 is 21.9 Å². The minimum Gasteiger partial charge on any atom is -0.453 e. The molecule has 0 spiro atoms. The number of furan rings is 1. The van der Waals surface area contributed by atoms with Crippen molar-refractivity contribution in [3.8, 4) is 0 Å². The van der Waals surface area contributed by atoms with Crippen LogP contribution in [0.15, 0.2) is 39.7 Å². The van der Waals surface area contributed by atoms with Gasteiger partial charge in [-0.1, -0.05) is 0 Å². The molecule has 5 nitrogen and oxygen atoms in total. The van der Waals surface area contributed by atoms with Crippen molar-refractivity contribution in [2.24, 2.45) is 0 Å². The monoisotopic (exact) mass is 350 g/mol. The highest BCUT2D eigenvalue weighted by Gasteiger charge is 2.23. The van der Waals surface area contributed by atoms with E-state index in [0.717, 1.165) is 42.3 Å². The third-order valence-corrected chi connectivity index (χ3v) is 4.19. The Morgan fingerprint density at radius 3 is 2.90 bits per heavy atom. The number of hydrogen-bond donors (Lipinski definition) is 1. The maximum Gasteiger partial charge on any atom is 0.225 e. The van der Waals surface area contributed by atoms with Gasteiger partial charge in [0.05, 0.1) is 6.04 Å². The summed E-state index contributed by atoms with van der Waals surface area (Å²) in [5.74, 6) is 1.77. The van der Waals surface area contributed by atoms with Gasteiger partial charge in [0.25, 0.3) is 0 Å². The number of rotatable bonds is 4. The fourth-order valence-corrected chi connectivity index (χ4v) is 3.07. The minimum atomic E-state index is 0.193. The zero-order valence-corrected chi connectivity index (χ0v) is 13.6. The van der Waals surface area contributed by atoms with E-state index >= 15 is 0 Å². The molecule has 2 unspecified atom stereocenters. The van der Waals surface area contributed by atoms with Gasteiger partial charge in [0.2, 0.25) is 5.95 Å². The molecule has 0 saturated carbocycles. The van der Waals surface area contributed by atoms with Gasteiger partial charge in [-0.05, 0) is 53.9 Å². The summed E-state index contributed by atoms with van der Waals surface area (Å²) < 4.78 is 6.39. The predicted molar refractivity (Wildman–Crippen MR) is 85.2 cm³/mol. The molecule has 2 aromatic heterocycles. The summed E-state index contributed by atoms with van der Waals surface area (Å²) in [6.45, 7) is 4.07. The van der Waals surface area contributed by atoms with Crippen molar-refractivity contribution in [2.75, 3.05) is 18.0 Å². The molecule has 3 rings (SSSR count). The van der Waals surface area contributed by atoms with Crippen LogP contribution >= 0.6 is 15.9 Å². The Kier molecular flexibility index (Phi) is 4.55. The molecule has 2 aromatic rings. The topological polar surface area (TPSA) is 54.2 Å². The van der Waals surface area contributed by atoms with Crippen molar-refractivity contribution in [3.63, 3.8) is 0 Å². The van der Waals surface area contributed by atoms with E-state index in [1.54, 1.807) is 12.4 Å². The summed E-state index contributed by atoms with van der Waals surface area (Å²) in [7, 11) is 0. The molecule has 1 aliphatic rings. The number of aromatic nitrogens is 2. The lowest BCUT2D eigenvalue weighted by Crippen LogP contribution is -2.47. The first kappa shape index (κ1) is 14.5. The Bertz CT molecular complexity index is 574. The van der Waals surface area contributed by atoms with Gasteiger partial charge in [-0.15, -0.1) is 0 Å². The summed E-state index contributed by atoms with van der Waals surface area (Å²) in [5, 5.41) is 3.64. The van der Waals surface area contributed by atoms with Crippen LogP contribution in [0.2, 0.25) is 0 Å². The van der Waals surface area contributed by atoms with E-state index in [9.17, 15) is 0 Å². The van der Waals surface area contributed by atoms with Crippen LogP contribution in [0.3, 0.4) is 0 Å². The number of anilines is 1. The molecule has 6 heteroatoms. The lowest BCUT2D eigenvalue weighted by Gasteiger charge is -2.34. The molecule has 0 aliphatic carbocycles. The van der Waals surface area contributed by atoms with Crippen LogP contribution < -0.4 is 10.2 Å². The fourth-order valence-electron chi connectivity index (χ4n) is 2.75. The molecular weight excluding hydrogens is 332 g/mol. The van der Waals surface area contributed by atoms with E-state index in [0.29, 0.717) is 6.04 Å². The molecule has 0 radical (unpaired) electrons. The van der Waals surface area contributed by atoms with Crippen LogP contribution in [0.4, 0.5) is 5.95 Å². The molecule has 1 N–H and O–H groups in total. The second-order valence-corrected chi connectivity index (χ2v) is 6.15. The van der Waals surface area contributed by atoms with Crippen LogP contribution in [0, 0.1) is 0 Å². The van der Waals surface area contributed by atoms with Crippen molar-refractivity contribution in [1.29, 1.82) is 0 Å². The van der Waals surface area contributed by atoms with Gasteiger partial charge in [0.1, 0.15) is 5.76 Å². The number of halogens is 1. The molecule has 1 saturated heterocycles. The zero-order chi connectivity index (χ0) is 14.7. The lowest BCUT2D eigenvalue weighted by molar-refractivity contribution is 0.347. The fraction of sp³-hybridized carbons (Fsp3) is 0.467. The summed E-state index contributed by atoms with van der Waals surface area (Å²) in [6, 6.07) is 6.39. The molecule has 2 atom stereocenters. The first-order chi connectivity index (χ1) is 10.2.